The fourth-order valence-corrected chi connectivity index (χ4v) is 11.3. The minimum atomic E-state index is -4.96. The first-order chi connectivity index (χ1) is 42.3. The van der Waals surface area contributed by atoms with E-state index in [1.807, 2.05) is 0 Å². The van der Waals surface area contributed by atoms with Gasteiger partial charge in [0.25, 0.3) is 0 Å². The Hall–Kier alpha value is -2.46. The maximum Gasteiger partial charge on any atom is 0.472 e. The zero-order chi connectivity index (χ0) is 65.2. The van der Waals surface area contributed by atoms with Crippen molar-refractivity contribution >= 4 is 39.5 Å². The third kappa shape index (κ3) is 59.8. The van der Waals surface area contributed by atoms with Crippen LogP contribution in [0.3, 0.4) is 0 Å². The number of unbranched alkanes of at least 4 members (excludes halogenated alkanes) is 28. The first-order valence-corrected chi connectivity index (χ1v) is 38.2. The topological polar surface area (TPSA) is 237 Å². The van der Waals surface area contributed by atoms with Gasteiger partial charge in [-0.2, -0.15) is 0 Å². The first-order valence-electron chi connectivity index (χ1n) is 35.2. The van der Waals surface area contributed by atoms with Crippen LogP contribution in [0.25, 0.3) is 0 Å². The summed E-state index contributed by atoms with van der Waals surface area (Å²) in [5.74, 6) is 0.0456. The molecular formula is C69H130O17P2. The second-order valence-electron chi connectivity index (χ2n) is 25.2. The Bertz CT molecular complexity index is 1830. The highest BCUT2D eigenvalue weighted by molar-refractivity contribution is 7.47. The Balaban J connectivity index is 5.30. The third-order valence-corrected chi connectivity index (χ3v) is 17.9. The molecule has 0 saturated carbocycles. The normalized spacial score (nSPS) is 15.0. The number of aliphatic hydroxyl groups excluding tert-OH is 1. The summed E-state index contributed by atoms with van der Waals surface area (Å²) in [6.45, 7) is 11.7. The lowest BCUT2D eigenvalue weighted by Crippen LogP contribution is -2.30. The van der Waals surface area contributed by atoms with Gasteiger partial charge < -0.3 is 33.8 Å². The van der Waals surface area contributed by atoms with E-state index >= 15 is 0 Å². The van der Waals surface area contributed by atoms with Gasteiger partial charge in [-0.1, -0.05) is 265 Å². The zero-order valence-electron chi connectivity index (χ0n) is 56.7. The Morgan fingerprint density at radius 2 is 0.670 bits per heavy atom. The Morgan fingerprint density at radius 1 is 0.375 bits per heavy atom. The number of esters is 4. The molecule has 17 nitrogen and oxygen atoms in total. The van der Waals surface area contributed by atoms with Crippen molar-refractivity contribution in [2.45, 2.75) is 336 Å². The number of rotatable bonds is 65. The standard InChI is InChI=1S/C69H130O17P2/c1-8-11-12-13-14-15-16-17-18-19-20-24-27-38-45-52-68(73)85-64(56-79-66(71)50-43-36-31-29-34-41-48-61(6)9-2)58-83-87(75,76)81-54-63(70)55-82-88(77,78)84-59-65(57-80-67(72)51-44-37-32-30-35-42-49-62(7)10-3)86-69(74)53-46-39-28-25-22-21-23-26-33-40-47-60(4)5/h15-18,60-65,70H,8-14,19-59H2,1-7H3,(H,75,76)(H,77,78)/b16-15-,18-17-/t61?,62?,63-,64-,65-/m1/s1. The number of phosphoric acid groups is 2. The summed E-state index contributed by atoms with van der Waals surface area (Å²) in [5.41, 5.74) is 0. The number of allylic oxidation sites excluding steroid dienone is 4. The average Bonchev–Trinajstić information content (AvgIpc) is 3.54. The molecule has 0 rings (SSSR count). The van der Waals surface area contributed by atoms with Gasteiger partial charge in [0, 0.05) is 25.7 Å². The van der Waals surface area contributed by atoms with Crippen LogP contribution in [-0.4, -0.2) is 96.7 Å². The molecule has 7 atom stereocenters. The number of hydrogen-bond acceptors (Lipinski definition) is 15. The molecule has 0 amide bonds. The van der Waals surface area contributed by atoms with Crippen molar-refractivity contribution in [2.75, 3.05) is 39.6 Å². The Morgan fingerprint density at radius 3 is 1.01 bits per heavy atom. The van der Waals surface area contributed by atoms with Crippen molar-refractivity contribution in [1.82, 2.24) is 0 Å². The fraction of sp³-hybridized carbons (Fsp3) is 0.884. The largest absolute Gasteiger partial charge is 0.472 e. The summed E-state index contributed by atoms with van der Waals surface area (Å²) in [6.07, 6.45) is 45.3. The van der Waals surface area contributed by atoms with E-state index in [0.29, 0.717) is 25.7 Å². The molecule has 0 aliphatic heterocycles. The van der Waals surface area contributed by atoms with Crippen LogP contribution in [-0.2, 0) is 65.4 Å². The van der Waals surface area contributed by atoms with Crippen molar-refractivity contribution in [3.05, 3.63) is 24.3 Å². The summed E-state index contributed by atoms with van der Waals surface area (Å²) < 4.78 is 68.2. The number of aliphatic hydroxyl groups is 1. The molecule has 0 aliphatic carbocycles. The summed E-state index contributed by atoms with van der Waals surface area (Å²) >= 11 is 0. The number of carbonyl (C=O) groups is 4. The molecule has 518 valence electrons. The van der Waals surface area contributed by atoms with Crippen LogP contribution in [0.5, 0.6) is 0 Å². The average molecular weight is 1290 g/mol. The van der Waals surface area contributed by atoms with E-state index in [2.05, 4.69) is 72.8 Å². The SMILES string of the molecule is CCCCCC/C=C\C=C/CCCCCCCC(=O)O[C@H](COC(=O)CCCCCCCCC(C)CC)COP(=O)(O)OC[C@@H](O)COP(=O)(O)OC[C@@H](COC(=O)CCCCCCCCC(C)CC)OC(=O)CCCCCCCCCCCCC(C)C. The van der Waals surface area contributed by atoms with E-state index in [1.54, 1.807) is 0 Å². The maximum atomic E-state index is 13.0. The molecule has 0 fully saturated rings. The van der Waals surface area contributed by atoms with Crippen molar-refractivity contribution in [2.24, 2.45) is 17.8 Å². The fourth-order valence-electron chi connectivity index (χ4n) is 9.76. The van der Waals surface area contributed by atoms with E-state index in [1.165, 1.54) is 103 Å². The summed E-state index contributed by atoms with van der Waals surface area (Å²) in [7, 11) is -9.91. The lowest BCUT2D eigenvalue weighted by Gasteiger charge is -2.21. The van der Waals surface area contributed by atoms with Crippen LogP contribution < -0.4 is 0 Å². The number of ether oxygens (including phenoxy) is 4. The second-order valence-corrected chi connectivity index (χ2v) is 28.1. The highest BCUT2D eigenvalue weighted by Crippen LogP contribution is 2.45. The highest BCUT2D eigenvalue weighted by Gasteiger charge is 2.30. The predicted octanol–water partition coefficient (Wildman–Crippen LogP) is 19.0. The molecule has 0 bridgehead atoms. The van der Waals surface area contributed by atoms with Gasteiger partial charge in [0.15, 0.2) is 12.2 Å². The van der Waals surface area contributed by atoms with E-state index < -0.39 is 97.5 Å². The van der Waals surface area contributed by atoms with Crippen molar-refractivity contribution in [1.29, 1.82) is 0 Å². The first kappa shape index (κ1) is 85.5. The minimum Gasteiger partial charge on any atom is -0.462 e. The van der Waals surface area contributed by atoms with Crippen molar-refractivity contribution in [3.63, 3.8) is 0 Å². The van der Waals surface area contributed by atoms with Crippen LogP contribution in [0.4, 0.5) is 0 Å². The van der Waals surface area contributed by atoms with Crippen molar-refractivity contribution in [3.8, 4) is 0 Å². The van der Waals surface area contributed by atoms with E-state index in [4.69, 9.17) is 37.0 Å². The molecule has 88 heavy (non-hydrogen) atoms. The zero-order valence-corrected chi connectivity index (χ0v) is 58.5. The molecule has 0 spiro atoms. The lowest BCUT2D eigenvalue weighted by molar-refractivity contribution is -0.161. The molecule has 0 aromatic rings. The van der Waals surface area contributed by atoms with Gasteiger partial charge in [-0.15, -0.1) is 0 Å². The minimum absolute atomic E-state index is 0.0835. The van der Waals surface area contributed by atoms with Gasteiger partial charge in [0.2, 0.25) is 0 Å². The summed E-state index contributed by atoms with van der Waals surface area (Å²) in [5, 5.41) is 10.6. The lowest BCUT2D eigenvalue weighted by atomic mass is 10.00. The number of carbonyl (C=O) groups excluding carboxylic acids is 4. The highest BCUT2D eigenvalue weighted by atomic mass is 31.2. The molecule has 3 N–H and O–H groups in total. The maximum absolute atomic E-state index is 13.0. The molecule has 0 heterocycles. The smallest absolute Gasteiger partial charge is 0.462 e. The number of phosphoric ester groups is 2. The third-order valence-electron chi connectivity index (χ3n) is 16.0. The molecule has 0 saturated heterocycles. The van der Waals surface area contributed by atoms with E-state index in [-0.39, 0.29) is 25.7 Å². The molecule has 19 heteroatoms. The van der Waals surface area contributed by atoms with Crippen LogP contribution in [0.1, 0.15) is 318 Å². The second kappa shape index (κ2) is 59.5. The molecule has 0 aromatic heterocycles. The Kier molecular flexibility index (Phi) is 57.9. The van der Waals surface area contributed by atoms with Gasteiger partial charge in [-0.05, 0) is 69.1 Å². The summed E-state index contributed by atoms with van der Waals surface area (Å²) in [4.78, 5) is 72.4. The van der Waals surface area contributed by atoms with E-state index in [9.17, 15) is 43.2 Å². The van der Waals surface area contributed by atoms with Gasteiger partial charge in [-0.25, -0.2) is 9.13 Å². The quantitative estimate of drug-likeness (QED) is 0.0169. The van der Waals surface area contributed by atoms with Crippen molar-refractivity contribution < 1.29 is 80.2 Å². The van der Waals surface area contributed by atoms with Crippen LogP contribution >= 0.6 is 15.6 Å². The predicted molar refractivity (Wildman–Crippen MR) is 354 cm³/mol. The van der Waals surface area contributed by atoms with Gasteiger partial charge >= 0.3 is 39.5 Å². The van der Waals surface area contributed by atoms with Gasteiger partial charge in [-0.3, -0.25) is 37.3 Å². The summed E-state index contributed by atoms with van der Waals surface area (Å²) in [6, 6.07) is 0. The molecule has 0 aliphatic rings. The van der Waals surface area contributed by atoms with Gasteiger partial charge in [0.1, 0.15) is 19.3 Å². The monoisotopic (exact) mass is 1290 g/mol. The van der Waals surface area contributed by atoms with E-state index in [0.717, 1.165) is 133 Å². The number of hydrogen-bond donors (Lipinski definition) is 3. The molecular weight excluding hydrogens is 1160 g/mol. The van der Waals surface area contributed by atoms with Crippen LogP contribution in [0, 0.1) is 17.8 Å². The Labute approximate surface area is 535 Å². The molecule has 0 radical (unpaired) electrons. The van der Waals surface area contributed by atoms with Gasteiger partial charge in [0.05, 0.1) is 26.4 Å². The molecule has 0 aromatic carbocycles. The molecule has 4 unspecified atom stereocenters. The van der Waals surface area contributed by atoms with Crippen LogP contribution in [0.2, 0.25) is 0 Å². The van der Waals surface area contributed by atoms with Crippen LogP contribution in [0.15, 0.2) is 24.3 Å².